The van der Waals surface area contributed by atoms with Gasteiger partial charge in [0.1, 0.15) is 5.01 Å². The average Bonchev–Trinajstić information content (AvgIpc) is 3.28. The third kappa shape index (κ3) is 3.44. The predicted octanol–water partition coefficient (Wildman–Crippen LogP) is 5.50. The Morgan fingerprint density at radius 2 is 1.85 bits per heavy atom. The van der Waals surface area contributed by atoms with Gasteiger partial charge < -0.3 is 10.3 Å². The lowest BCUT2D eigenvalue weighted by atomic mass is 9.95. The molecule has 0 saturated heterocycles. The Morgan fingerprint density at radius 1 is 1.15 bits per heavy atom. The van der Waals surface area contributed by atoms with Gasteiger partial charge in [-0.2, -0.15) is 0 Å². The summed E-state index contributed by atoms with van der Waals surface area (Å²) in [6.45, 7) is 4.09. The predicted molar refractivity (Wildman–Crippen MR) is 111 cm³/mol. The Balaban J connectivity index is 1.77. The number of hydrogen-bond acceptors (Lipinski definition) is 3. The standard InChI is InChI=1S/C22H25N3OS/c1-14-8-10-16(11-9-14)22-24-19(13-27-22)20-12-18(21(23)26)15(2)25(20)17-6-4-3-5-7-17/h8-13,17H,3-7H2,1-2H3,(H2,23,26). The van der Waals surface area contributed by atoms with Gasteiger partial charge in [-0.15, -0.1) is 11.3 Å². The molecular formula is C22H25N3OS. The molecule has 5 heteroatoms. The summed E-state index contributed by atoms with van der Waals surface area (Å²) in [5, 5.41) is 3.09. The van der Waals surface area contributed by atoms with Crippen LogP contribution in [0, 0.1) is 13.8 Å². The van der Waals surface area contributed by atoms with Gasteiger partial charge in [0.05, 0.1) is 17.0 Å². The second-order valence-corrected chi connectivity index (χ2v) is 8.32. The number of benzene rings is 1. The zero-order valence-corrected chi connectivity index (χ0v) is 16.7. The summed E-state index contributed by atoms with van der Waals surface area (Å²) < 4.78 is 2.31. The van der Waals surface area contributed by atoms with Crippen LogP contribution in [0.5, 0.6) is 0 Å². The maximum atomic E-state index is 12.0. The summed E-state index contributed by atoms with van der Waals surface area (Å²) in [7, 11) is 0. The molecule has 1 saturated carbocycles. The van der Waals surface area contributed by atoms with Crippen LogP contribution in [0.1, 0.15) is 59.8 Å². The van der Waals surface area contributed by atoms with E-state index >= 15 is 0 Å². The van der Waals surface area contributed by atoms with E-state index in [1.807, 2.05) is 13.0 Å². The smallest absolute Gasteiger partial charge is 0.250 e. The monoisotopic (exact) mass is 379 g/mol. The lowest BCUT2D eigenvalue weighted by molar-refractivity contribution is 0.0999. The van der Waals surface area contributed by atoms with E-state index in [0.717, 1.165) is 40.5 Å². The molecule has 1 aliphatic rings. The van der Waals surface area contributed by atoms with Crippen molar-refractivity contribution in [2.24, 2.45) is 5.73 Å². The van der Waals surface area contributed by atoms with Crippen LogP contribution in [0.3, 0.4) is 0 Å². The second-order valence-electron chi connectivity index (χ2n) is 7.46. The van der Waals surface area contributed by atoms with Gasteiger partial charge >= 0.3 is 0 Å². The van der Waals surface area contributed by atoms with E-state index in [-0.39, 0.29) is 5.91 Å². The molecule has 1 amide bonds. The highest BCUT2D eigenvalue weighted by Gasteiger charge is 2.25. The van der Waals surface area contributed by atoms with Crippen LogP contribution in [0.25, 0.3) is 22.0 Å². The van der Waals surface area contributed by atoms with Crippen LogP contribution in [0.4, 0.5) is 0 Å². The van der Waals surface area contributed by atoms with Crippen LogP contribution in [0.15, 0.2) is 35.7 Å². The Bertz CT molecular complexity index is 962. The highest BCUT2D eigenvalue weighted by atomic mass is 32.1. The number of carbonyl (C=O) groups excluding carboxylic acids is 1. The van der Waals surface area contributed by atoms with Gasteiger partial charge in [-0.25, -0.2) is 4.98 Å². The molecule has 4 rings (SSSR count). The van der Waals surface area contributed by atoms with Crippen molar-refractivity contribution in [2.45, 2.75) is 52.0 Å². The average molecular weight is 380 g/mol. The lowest BCUT2D eigenvalue weighted by Crippen LogP contribution is -2.17. The molecule has 1 fully saturated rings. The molecule has 4 nitrogen and oxygen atoms in total. The van der Waals surface area contributed by atoms with E-state index in [4.69, 9.17) is 10.7 Å². The molecule has 2 heterocycles. The number of aryl methyl sites for hydroxylation is 1. The van der Waals surface area contributed by atoms with E-state index in [9.17, 15) is 4.79 Å². The van der Waals surface area contributed by atoms with Crippen LogP contribution >= 0.6 is 11.3 Å². The zero-order chi connectivity index (χ0) is 19.0. The fraction of sp³-hybridized carbons (Fsp3) is 0.364. The summed E-state index contributed by atoms with van der Waals surface area (Å²) in [6.07, 6.45) is 6.06. The van der Waals surface area contributed by atoms with Gasteiger partial charge in [0, 0.05) is 22.7 Å². The van der Waals surface area contributed by atoms with Crippen molar-refractivity contribution in [3.8, 4) is 22.0 Å². The van der Waals surface area contributed by atoms with Crippen molar-refractivity contribution < 1.29 is 4.79 Å². The van der Waals surface area contributed by atoms with Gasteiger partial charge in [-0.1, -0.05) is 49.1 Å². The fourth-order valence-electron chi connectivity index (χ4n) is 4.10. The van der Waals surface area contributed by atoms with Crippen molar-refractivity contribution in [1.82, 2.24) is 9.55 Å². The van der Waals surface area contributed by atoms with Crippen LogP contribution in [0.2, 0.25) is 0 Å². The molecule has 0 spiro atoms. The first kappa shape index (κ1) is 18.0. The number of thiazole rings is 1. The Morgan fingerprint density at radius 3 is 2.52 bits per heavy atom. The fourth-order valence-corrected chi connectivity index (χ4v) is 4.92. The quantitative estimate of drug-likeness (QED) is 0.650. The third-order valence-electron chi connectivity index (χ3n) is 5.56. The minimum atomic E-state index is -0.364. The van der Waals surface area contributed by atoms with Crippen LogP contribution < -0.4 is 5.73 Å². The molecule has 0 bridgehead atoms. The van der Waals surface area contributed by atoms with Gasteiger partial charge in [0.15, 0.2) is 0 Å². The first-order valence-corrected chi connectivity index (χ1v) is 10.5. The van der Waals surface area contributed by atoms with E-state index in [1.165, 1.54) is 24.8 Å². The number of carbonyl (C=O) groups is 1. The van der Waals surface area contributed by atoms with E-state index in [0.29, 0.717) is 11.6 Å². The van der Waals surface area contributed by atoms with Gasteiger partial charge in [0.2, 0.25) is 0 Å². The number of nitrogens with two attached hydrogens (primary N) is 1. The van der Waals surface area contributed by atoms with Gasteiger partial charge in [-0.3, -0.25) is 4.79 Å². The van der Waals surface area contributed by atoms with Crippen molar-refractivity contribution in [3.05, 3.63) is 52.5 Å². The first-order valence-electron chi connectivity index (χ1n) is 9.59. The molecule has 3 aromatic rings. The van der Waals surface area contributed by atoms with Crippen molar-refractivity contribution in [2.75, 3.05) is 0 Å². The molecule has 140 valence electrons. The topological polar surface area (TPSA) is 60.9 Å². The van der Waals surface area contributed by atoms with Crippen molar-refractivity contribution >= 4 is 17.2 Å². The number of nitrogens with zero attached hydrogens (tertiary/aromatic N) is 2. The Hall–Kier alpha value is -2.40. The van der Waals surface area contributed by atoms with E-state index < -0.39 is 0 Å². The number of primary amides is 1. The maximum absolute atomic E-state index is 12.0. The van der Waals surface area contributed by atoms with E-state index in [2.05, 4.69) is 41.1 Å². The minimum Gasteiger partial charge on any atom is -0.366 e. The summed E-state index contributed by atoms with van der Waals surface area (Å²) in [5.74, 6) is -0.364. The molecular weight excluding hydrogens is 354 g/mol. The van der Waals surface area contributed by atoms with Crippen molar-refractivity contribution in [1.29, 1.82) is 0 Å². The number of rotatable bonds is 4. The molecule has 0 atom stereocenters. The van der Waals surface area contributed by atoms with Crippen molar-refractivity contribution in [3.63, 3.8) is 0 Å². The highest BCUT2D eigenvalue weighted by Crippen LogP contribution is 2.37. The summed E-state index contributed by atoms with van der Waals surface area (Å²) >= 11 is 1.64. The molecule has 0 aliphatic heterocycles. The molecule has 1 aromatic carbocycles. The van der Waals surface area contributed by atoms with E-state index in [1.54, 1.807) is 11.3 Å². The summed E-state index contributed by atoms with van der Waals surface area (Å²) in [5.41, 5.74) is 11.5. The van der Waals surface area contributed by atoms with Crippen LogP contribution in [-0.2, 0) is 0 Å². The number of aromatic nitrogens is 2. The number of hydrogen-bond donors (Lipinski definition) is 1. The molecule has 0 unspecified atom stereocenters. The molecule has 27 heavy (non-hydrogen) atoms. The lowest BCUT2D eigenvalue weighted by Gasteiger charge is -2.26. The summed E-state index contributed by atoms with van der Waals surface area (Å²) in [4.78, 5) is 16.8. The maximum Gasteiger partial charge on any atom is 0.250 e. The third-order valence-corrected chi connectivity index (χ3v) is 6.45. The zero-order valence-electron chi connectivity index (χ0n) is 15.9. The highest BCUT2D eigenvalue weighted by molar-refractivity contribution is 7.13. The summed E-state index contributed by atoms with van der Waals surface area (Å²) in [6, 6.07) is 10.8. The molecule has 2 N–H and O–H groups in total. The van der Waals surface area contributed by atoms with Gasteiger partial charge in [0.25, 0.3) is 5.91 Å². The minimum absolute atomic E-state index is 0.364. The second kappa shape index (κ2) is 7.31. The molecule has 2 aromatic heterocycles. The van der Waals surface area contributed by atoms with Gasteiger partial charge in [-0.05, 0) is 32.8 Å². The largest absolute Gasteiger partial charge is 0.366 e. The number of amides is 1. The first-order chi connectivity index (χ1) is 13.0. The normalized spacial score (nSPS) is 15.2. The van der Waals surface area contributed by atoms with Crippen LogP contribution in [-0.4, -0.2) is 15.5 Å². The molecule has 0 radical (unpaired) electrons. The Kier molecular flexibility index (Phi) is 4.87. The Labute approximate surface area is 164 Å². The SMILES string of the molecule is Cc1ccc(-c2nc(-c3cc(C(N)=O)c(C)n3C3CCCCC3)cs2)cc1. The molecule has 1 aliphatic carbocycles.